The molecule has 0 aliphatic carbocycles. The maximum atomic E-state index is 13.0. The van der Waals surface area contributed by atoms with E-state index in [1.165, 1.54) is 0 Å². The molecule has 3 aliphatic heterocycles. The average Bonchev–Trinajstić information content (AvgIpc) is 3.14. The Kier molecular flexibility index (Phi) is 6.76. The van der Waals surface area contributed by atoms with Gasteiger partial charge in [0, 0.05) is 51.4 Å². The van der Waals surface area contributed by atoms with E-state index < -0.39 is 10.0 Å². The van der Waals surface area contributed by atoms with Crippen molar-refractivity contribution in [2.45, 2.75) is 37.1 Å². The Morgan fingerprint density at radius 3 is 2.18 bits per heavy atom. The van der Waals surface area contributed by atoms with E-state index in [0.717, 1.165) is 62.4 Å². The highest BCUT2D eigenvalue weighted by Gasteiger charge is 2.27. The molecule has 0 unspecified atom stereocenters. The van der Waals surface area contributed by atoms with E-state index in [2.05, 4.69) is 4.90 Å². The van der Waals surface area contributed by atoms with Gasteiger partial charge in [-0.25, -0.2) is 8.42 Å². The number of benzene rings is 2. The number of sulfonamides is 1. The summed E-state index contributed by atoms with van der Waals surface area (Å²) in [5.41, 5.74) is 1.68. The van der Waals surface area contributed by atoms with Crippen molar-refractivity contribution in [1.29, 1.82) is 0 Å². The van der Waals surface area contributed by atoms with Crippen molar-refractivity contribution in [3.05, 3.63) is 53.6 Å². The van der Waals surface area contributed by atoms with Crippen LogP contribution in [-0.4, -0.2) is 74.5 Å². The molecule has 1 amide bonds. The molecule has 5 rings (SSSR count). The van der Waals surface area contributed by atoms with Crippen molar-refractivity contribution in [1.82, 2.24) is 14.1 Å². The topological polar surface area (TPSA) is 79.4 Å². The highest BCUT2D eigenvalue weighted by Crippen LogP contribution is 2.33. The maximum absolute atomic E-state index is 13.0. The monoisotopic (exact) mass is 485 g/mol. The number of ether oxygens (including phenoxy) is 2. The Bertz CT molecular complexity index is 1120. The second-order valence-electron chi connectivity index (χ2n) is 9.10. The van der Waals surface area contributed by atoms with E-state index in [-0.39, 0.29) is 17.6 Å². The summed E-state index contributed by atoms with van der Waals surface area (Å²) < 4.78 is 38.4. The van der Waals surface area contributed by atoms with Crippen molar-refractivity contribution in [2.75, 3.05) is 46.1 Å². The minimum absolute atomic E-state index is 0.0542. The van der Waals surface area contributed by atoms with Crippen molar-refractivity contribution in [2.24, 2.45) is 0 Å². The van der Waals surface area contributed by atoms with Gasteiger partial charge in [0.05, 0.1) is 4.90 Å². The molecular weight excluding hydrogens is 454 g/mol. The fourth-order valence-corrected chi connectivity index (χ4v) is 6.31. The predicted octanol–water partition coefficient (Wildman–Crippen LogP) is 2.94. The average molecular weight is 486 g/mol. The molecule has 182 valence electrons. The van der Waals surface area contributed by atoms with Crippen molar-refractivity contribution < 1.29 is 22.7 Å². The highest BCUT2D eigenvalue weighted by molar-refractivity contribution is 7.89. The van der Waals surface area contributed by atoms with E-state index in [1.807, 2.05) is 23.1 Å². The van der Waals surface area contributed by atoms with E-state index in [1.54, 1.807) is 28.6 Å². The third-order valence-electron chi connectivity index (χ3n) is 6.81. The number of rotatable bonds is 5. The Morgan fingerprint density at radius 1 is 0.794 bits per heavy atom. The number of hydrogen-bond acceptors (Lipinski definition) is 6. The Balaban J connectivity index is 1.17. The molecule has 8 nitrogen and oxygen atoms in total. The predicted molar refractivity (Wildman–Crippen MR) is 127 cm³/mol. The molecule has 0 saturated carbocycles. The van der Waals surface area contributed by atoms with Gasteiger partial charge < -0.3 is 14.4 Å². The summed E-state index contributed by atoms with van der Waals surface area (Å²) in [7, 11) is -3.51. The van der Waals surface area contributed by atoms with Crippen LogP contribution in [0.1, 0.15) is 41.6 Å². The van der Waals surface area contributed by atoms with Crippen LogP contribution in [0.5, 0.6) is 11.5 Å². The molecule has 0 spiro atoms. The standard InChI is InChI=1S/C25H31N3O5S/c29-25(21-6-8-22(9-7-21)34(30,31)28-11-3-1-2-4-12-28)27-15-13-26(14-16-27)18-20-5-10-23-24(17-20)33-19-32-23/h5-10,17H,1-4,11-16,18-19H2. The van der Waals surface area contributed by atoms with Gasteiger partial charge in [0.15, 0.2) is 11.5 Å². The van der Waals surface area contributed by atoms with Crippen LogP contribution < -0.4 is 9.47 Å². The summed E-state index contributed by atoms with van der Waals surface area (Å²) in [4.78, 5) is 17.4. The summed E-state index contributed by atoms with van der Waals surface area (Å²) in [6, 6.07) is 12.4. The Labute approximate surface area is 201 Å². The fourth-order valence-electron chi connectivity index (χ4n) is 4.79. The van der Waals surface area contributed by atoms with Gasteiger partial charge in [-0.3, -0.25) is 9.69 Å². The maximum Gasteiger partial charge on any atom is 0.253 e. The van der Waals surface area contributed by atoms with Crippen molar-refractivity contribution in [3.63, 3.8) is 0 Å². The molecule has 34 heavy (non-hydrogen) atoms. The number of amides is 1. The van der Waals surface area contributed by atoms with Gasteiger partial charge >= 0.3 is 0 Å². The van der Waals surface area contributed by atoms with Crippen LogP contribution in [-0.2, 0) is 16.6 Å². The number of carbonyl (C=O) groups excluding carboxylic acids is 1. The summed E-state index contributed by atoms with van der Waals surface area (Å²) >= 11 is 0. The van der Waals surface area contributed by atoms with Gasteiger partial charge in [0.25, 0.3) is 5.91 Å². The van der Waals surface area contributed by atoms with Crippen molar-refractivity contribution >= 4 is 15.9 Å². The fraction of sp³-hybridized carbons (Fsp3) is 0.480. The van der Waals surface area contributed by atoms with Crippen LogP contribution in [0.4, 0.5) is 0 Å². The minimum atomic E-state index is -3.51. The smallest absolute Gasteiger partial charge is 0.253 e. The first kappa shape index (κ1) is 23.1. The molecule has 2 saturated heterocycles. The lowest BCUT2D eigenvalue weighted by Crippen LogP contribution is -2.48. The first-order chi connectivity index (χ1) is 16.5. The molecule has 3 aliphatic rings. The summed E-state index contributed by atoms with van der Waals surface area (Å²) in [5, 5.41) is 0. The van der Waals surface area contributed by atoms with E-state index >= 15 is 0 Å². The quantitative estimate of drug-likeness (QED) is 0.648. The lowest BCUT2D eigenvalue weighted by Gasteiger charge is -2.34. The van der Waals surface area contributed by atoms with Gasteiger partial charge in [0.2, 0.25) is 16.8 Å². The number of carbonyl (C=O) groups is 1. The normalized spacial score (nSPS) is 19.7. The Hall–Kier alpha value is -2.62. The lowest BCUT2D eigenvalue weighted by molar-refractivity contribution is 0.0628. The highest BCUT2D eigenvalue weighted by atomic mass is 32.2. The van der Waals surface area contributed by atoms with Gasteiger partial charge in [0.1, 0.15) is 0 Å². The minimum Gasteiger partial charge on any atom is -0.454 e. The van der Waals surface area contributed by atoms with Gasteiger partial charge in [-0.15, -0.1) is 0 Å². The summed E-state index contributed by atoms with van der Waals surface area (Å²) in [5.74, 6) is 1.51. The van der Waals surface area contributed by atoms with E-state index in [4.69, 9.17) is 9.47 Å². The zero-order valence-electron chi connectivity index (χ0n) is 19.3. The van der Waals surface area contributed by atoms with Crippen LogP contribution >= 0.6 is 0 Å². The van der Waals surface area contributed by atoms with E-state index in [0.29, 0.717) is 31.7 Å². The largest absolute Gasteiger partial charge is 0.454 e. The molecule has 3 heterocycles. The van der Waals surface area contributed by atoms with Crippen LogP contribution in [0.3, 0.4) is 0 Å². The zero-order chi connectivity index (χ0) is 23.5. The molecule has 2 aromatic rings. The first-order valence-corrected chi connectivity index (χ1v) is 13.4. The first-order valence-electron chi connectivity index (χ1n) is 12.0. The molecule has 9 heteroatoms. The molecule has 0 N–H and O–H groups in total. The van der Waals surface area contributed by atoms with Crippen LogP contribution in [0.2, 0.25) is 0 Å². The van der Waals surface area contributed by atoms with E-state index in [9.17, 15) is 13.2 Å². The molecule has 2 fully saturated rings. The SMILES string of the molecule is O=C(c1ccc(S(=O)(=O)N2CCCCCC2)cc1)N1CCN(Cc2ccc3c(c2)OCO3)CC1. The van der Waals surface area contributed by atoms with Gasteiger partial charge in [-0.2, -0.15) is 4.31 Å². The van der Waals surface area contributed by atoms with Crippen molar-refractivity contribution in [3.8, 4) is 11.5 Å². The second kappa shape index (κ2) is 9.93. The number of hydrogen-bond donors (Lipinski definition) is 0. The third kappa shape index (κ3) is 4.92. The number of piperazine rings is 1. The summed E-state index contributed by atoms with van der Waals surface area (Å²) in [6.07, 6.45) is 3.94. The van der Waals surface area contributed by atoms with Crippen LogP contribution in [0.15, 0.2) is 47.4 Å². The third-order valence-corrected chi connectivity index (χ3v) is 8.72. The molecule has 0 radical (unpaired) electrons. The molecule has 0 bridgehead atoms. The van der Waals surface area contributed by atoms with Gasteiger partial charge in [-0.1, -0.05) is 18.9 Å². The molecular formula is C25H31N3O5S. The lowest BCUT2D eigenvalue weighted by atomic mass is 10.1. The number of nitrogens with zero attached hydrogens (tertiary/aromatic N) is 3. The summed E-state index contributed by atoms with van der Waals surface area (Å²) in [6.45, 7) is 5.03. The van der Waals surface area contributed by atoms with Crippen LogP contribution in [0.25, 0.3) is 0 Å². The molecule has 2 aromatic carbocycles. The number of fused-ring (bicyclic) bond motifs is 1. The van der Waals surface area contributed by atoms with Crippen LogP contribution in [0, 0.1) is 0 Å². The zero-order valence-corrected chi connectivity index (χ0v) is 20.1. The molecule has 0 atom stereocenters. The Morgan fingerprint density at radius 2 is 1.47 bits per heavy atom. The second-order valence-corrected chi connectivity index (χ2v) is 11.0. The molecule has 0 aromatic heterocycles. The van der Waals surface area contributed by atoms with Gasteiger partial charge in [-0.05, 0) is 54.8 Å².